The second kappa shape index (κ2) is 4.65. The van der Waals surface area contributed by atoms with E-state index in [9.17, 15) is 8.60 Å². The van der Waals surface area contributed by atoms with Gasteiger partial charge in [-0.2, -0.15) is 0 Å². The summed E-state index contributed by atoms with van der Waals surface area (Å²) >= 11 is 0. The standard InChI is InChI=1S/C14H18FNOS/c15-13-7-12(3-4-14(13)16)18(17)8-11-6-9-1-2-10(11)5-9/h3-4,7,9-11H,1-2,5-6,8,16H2. The van der Waals surface area contributed by atoms with Gasteiger partial charge in [0.05, 0.1) is 16.5 Å². The fourth-order valence-electron chi connectivity index (χ4n) is 3.52. The van der Waals surface area contributed by atoms with Crippen molar-refractivity contribution in [3.8, 4) is 0 Å². The molecule has 4 heteroatoms. The molecule has 2 nitrogen and oxygen atoms in total. The predicted molar refractivity (Wildman–Crippen MR) is 71.0 cm³/mol. The van der Waals surface area contributed by atoms with E-state index in [2.05, 4.69) is 0 Å². The summed E-state index contributed by atoms with van der Waals surface area (Å²) in [6.07, 6.45) is 5.18. The third kappa shape index (κ3) is 2.18. The second-order valence-corrected chi connectivity index (χ2v) is 7.13. The van der Waals surface area contributed by atoms with Crippen molar-refractivity contribution in [3.63, 3.8) is 0 Å². The number of halogens is 1. The van der Waals surface area contributed by atoms with Gasteiger partial charge in [-0.15, -0.1) is 0 Å². The van der Waals surface area contributed by atoms with Gasteiger partial charge in [0.2, 0.25) is 0 Å². The zero-order valence-corrected chi connectivity index (χ0v) is 11.1. The summed E-state index contributed by atoms with van der Waals surface area (Å²) in [4.78, 5) is 0.574. The Hall–Kier alpha value is -0.900. The van der Waals surface area contributed by atoms with Crippen molar-refractivity contribution in [1.29, 1.82) is 0 Å². The molecule has 2 aliphatic rings. The first-order valence-electron chi connectivity index (χ1n) is 6.57. The Labute approximate surface area is 109 Å². The molecule has 0 aliphatic heterocycles. The van der Waals surface area contributed by atoms with Crippen molar-refractivity contribution in [2.45, 2.75) is 30.6 Å². The molecule has 2 fully saturated rings. The fraction of sp³-hybridized carbons (Fsp3) is 0.571. The molecule has 0 amide bonds. The van der Waals surface area contributed by atoms with E-state index in [0.29, 0.717) is 16.6 Å². The van der Waals surface area contributed by atoms with Crippen LogP contribution in [0.25, 0.3) is 0 Å². The van der Waals surface area contributed by atoms with Crippen molar-refractivity contribution in [1.82, 2.24) is 0 Å². The molecule has 3 rings (SSSR count). The fourth-order valence-corrected chi connectivity index (χ4v) is 4.97. The number of hydrogen-bond acceptors (Lipinski definition) is 2. The maximum Gasteiger partial charge on any atom is 0.147 e. The van der Waals surface area contributed by atoms with E-state index in [1.807, 2.05) is 0 Å². The van der Waals surface area contributed by atoms with Crippen LogP contribution in [0.2, 0.25) is 0 Å². The van der Waals surface area contributed by atoms with E-state index < -0.39 is 16.6 Å². The summed E-state index contributed by atoms with van der Waals surface area (Å²) in [5, 5.41) is 0. The summed E-state index contributed by atoms with van der Waals surface area (Å²) in [6.45, 7) is 0. The summed E-state index contributed by atoms with van der Waals surface area (Å²) < 4.78 is 25.6. The summed E-state index contributed by atoms with van der Waals surface area (Å²) in [5.41, 5.74) is 5.55. The van der Waals surface area contributed by atoms with E-state index in [-0.39, 0.29) is 5.69 Å². The van der Waals surface area contributed by atoms with Gasteiger partial charge in [0.25, 0.3) is 0 Å². The van der Waals surface area contributed by atoms with Gasteiger partial charge in [0, 0.05) is 10.6 Å². The highest BCUT2D eigenvalue weighted by Gasteiger charge is 2.40. The SMILES string of the molecule is Nc1ccc(S(=O)CC2CC3CCC2C3)cc1F. The van der Waals surface area contributed by atoms with Crippen molar-refractivity contribution in [2.24, 2.45) is 17.8 Å². The molecule has 4 unspecified atom stereocenters. The molecular weight excluding hydrogens is 249 g/mol. The zero-order chi connectivity index (χ0) is 12.7. The third-order valence-electron chi connectivity index (χ3n) is 4.48. The van der Waals surface area contributed by atoms with E-state index in [1.54, 1.807) is 6.07 Å². The van der Waals surface area contributed by atoms with Crippen LogP contribution in [0.4, 0.5) is 10.1 Å². The Balaban J connectivity index is 1.69. The number of hydrogen-bond donors (Lipinski definition) is 1. The normalized spacial score (nSPS) is 31.7. The third-order valence-corrected chi connectivity index (χ3v) is 6.00. The molecule has 2 N–H and O–H groups in total. The molecule has 2 bridgehead atoms. The van der Waals surface area contributed by atoms with E-state index in [4.69, 9.17) is 5.73 Å². The van der Waals surface area contributed by atoms with E-state index in [1.165, 1.54) is 37.8 Å². The maximum atomic E-state index is 13.3. The minimum Gasteiger partial charge on any atom is -0.396 e. The minimum atomic E-state index is -1.09. The van der Waals surface area contributed by atoms with Crippen LogP contribution in [0.15, 0.2) is 23.1 Å². The van der Waals surface area contributed by atoms with E-state index >= 15 is 0 Å². The molecule has 1 aromatic rings. The lowest BCUT2D eigenvalue weighted by Gasteiger charge is -2.20. The molecule has 0 heterocycles. The highest BCUT2D eigenvalue weighted by atomic mass is 32.2. The number of benzene rings is 1. The molecule has 0 aromatic heterocycles. The number of fused-ring (bicyclic) bond motifs is 2. The van der Waals surface area contributed by atoms with Crippen LogP contribution >= 0.6 is 0 Å². The Morgan fingerprint density at radius 2 is 2.17 bits per heavy atom. The van der Waals surface area contributed by atoms with Gasteiger partial charge < -0.3 is 5.73 Å². The molecule has 18 heavy (non-hydrogen) atoms. The molecule has 2 aliphatic carbocycles. The molecule has 1 aromatic carbocycles. The molecule has 2 saturated carbocycles. The largest absolute Gasteiger partial charge is 0.396 e. The number of anilines is 1. The smallest absolute Gasteiger partial charge is 0.147 e. The topological polar surface area (TPSA) is 43.1 Å². The average molecular weight is 267 g/mol. The molecule has 0 saturated heterocycles. The molecular formula is C14H18FNOS. The highest BCUT2D eigenvalue weighted by Crippen LogP contribution is 2.48. The first kappa shape index (κ1) is 12.2. The van der Waals surface area contributed by atoms with Gasteiger partial charge >= 0.3 is 0 Å². The van der Waals surface area contributed by atoms with Crippen LogP contribution in [-0.2, 0) is 10.8 Å². The lowest BCUT2D eigenvalue weighted by molar-refractivity contribution is 0.363. The lowest BCUT2D eigenvalue weighted by Crippen LogP contribution is -2.18. The van der Waals surface area contributed by atoms with Crippen LogP contribution in [0.5, 0.6) is 0 Å². The molecule has 4 atom stereocenters. The van der Waals surface area contributed by atoms with E-state index in [0.717, 1.165) is 11.8 Å². The molecule has 98 valence electrons. The number of nitrogens with two attached hydrogens (primary N) is 1. The first-order valence-corrected chi connectivity index (χ1v) is 7.89. The van der Waals surface area contributed by atoms with Gasteiger partial charge in [-0.3, -0.25) is 4.21 Å². The maximum absolute atomic E-state index is 13.3. The monoisotopic (exact) mass is 267 g/mol. The van der Waals surface area contributed by atoms with Crippen molar-refractivity contribution in [2.75, 3.05) is 11.5 Å². The van der Waals surface area contributed by atoms with Gasteiger partial charge in [0.1, 0.15) is 5.82 Å². The lowest BCUT2D eigenvalue weighted by atomic mass is 9.90. The van der Waals surface area contributed by atoms with Crippen LogP contribution < -0.4 is 5.73 Å². The minimum absolute atomic E-state index is 0.121. The first-order chi connectivity index (χ1) is 8.63. The van der Waals surface area contributed by atoms with Crippen molar-refractivity contribution >= 4 is 16.5 Å². The predicted octanol–water partition coefficient (Wildman–Crippen LogP) is 2.95. The van der Waals surface area contributed by atoms with Gasteiger partial charge in [0.15, 0.2) is 0 Å². The van der Waals surface area contributed by atoms with Crippen LogP contribution in [0.1, 0.15) is 25.7 Å². The van der Waals surface area contributed by atoms with Gasteiger partial charge in [-0.25, -0.2) is 4.39 Å². The molecule has 0 spiro atoms. The second-order valence-electron chi connectivity index (χ2n) is 5.63. The Kier molecular flexibility index (Phi) is 3.14. The average Bonchev–Trinajstić information content (AvgIpc) is 2.94. The Bertz CT molecular complexity index is 491. The van der Waals surface area contributed by atoms with Crippen molar-refractivity contribution < 1.29 is 8.60 Å². The van der Waals surface area contributed by atoms with Gasteiger partial charge in [-0.1, -0.05) is 6.42 Å². The highest BCUT2D eigenvalue weighted by molar-refractivity contribution is 7.85. The Morgan fingerprint density at radius 1 is 1.33 bits per heavy atom. The quantitative estimate of drug-likeness (QED) is 0.856. The summed E-state index contributed by atoms with van der Waals surface area (Å²) in [5.74, 6) is 2.42. The zero-order valence-electron chi connectivity index (χ0n) is 10.3. The molecule has 0 radical (unpaired) electrons. The van der Waals surface area contributed by atoms with Crippen LogP contribution in [0.3, 0.4) is 0 Å². The number of nitrogen functional groups attached to an aromatic ring is 1. The van der Waals surface area contributed by atoms with Crippen LogP contribution in [0, 0.1) is 23.6 Å². The van der Waals surface area contributed by atoms with Crippen LogP contribution in [-0.4, -0.2) is 9.96 Å². The summed E-state index contributed by atoms with van der Waals surface area (Å²) in [6, 6.07) is 4.50. The number of rotatable bonds is 3. The van der Waals surface area contributed by atoms with Gasteiger partial charge in [-0.05, 0) is 55.2 Å². The Morgan fingerprint density at radius 3 is 2.78 bits per heavy atom. The van der Waals surface area contributed by atoms with Crippen molar-refractivity contribution in [3.05, 3.63) is 24.0 Å². The summed E-state index contributed by atoms with van der Waals surface area (Å²) in [7, 11) is -1.09.